The first-order chi connectivity index (χ1) is 6.91. The molecule has 0 bridgehead atoms. The number of hydrogen-bond donors (Lipinski definition) is 0. The van der Waals surface area contributed by atoms with E-state index in [2.05, 4.69) is 6.92 Å². The Balaban J connectivity index is -0.0000000921. The van der Waals surface area contributed by atoms with Gasteiger partial charge in [-0.05, 0) is 0 Å². The normalized spacial score (nSPS) is 7.65. The number of nitrogens with one attached hydrogen (secondary N) is 1. The van der Waals surface area contributed by atoms with Gasteiger partial charge in [0, 0.05) is 0 Å². The van der Waals surface area contributed by atoms with Gasteiger partial charge < -0.3 is 30.5 Å². The average Bonchev–Trinajstić information content (AvgIpc) is 2.76. The summed E-state index contributed by atoms with van der Waals surface area (Å²) in [6.07, 6.45) is 7.77. The second-order valence-electron chi connectivity index (χ2n) is 3.48. The van der Waals surface area contributed by atoms with Crippen molar-refractivity contribution in [1.29, 1.82) is 0 Å². The second kappa shape index (κ2) is 25.4. The molecular formula is C13H23Cl2NV. The topological polar surface area (TPSA) is 23.8 Å². The molecule has 0 aromatic heterocycles. The quantitative estimate of drug-likeness (QED) is 0.466. The smallest absolute Gasteiger partial charge is 1.00 e. The van der Waals surface area contributed by atoms with Crippen molar-refractivity contribution in [2.45, 2.75) is 45.4 Å². The van der Waals surface area contributed by atoms with E-state index in [0.717, 1.165) is 6.42 Å². The molecule has 0 amide bonds. The van der Waals surface area contributed by atoms with Crippen molar-refractivity contribution in [2.75, 3.05) is 6.54 Å². The SMILES string of the molecule is CCCCCCCC[NH-].[Cl-].[Cl-].[V+4].c1cc[cH-]c1. The van der Waals surface area contributed by atoms with Crippen LogP contribution in [0.2, 0.25) is 0 Å². The van der Waals surface area contributed by atoms with Crippen molar-refractivity contribution in [3.8, 4) is 0 Å². The summed E-state index contributed by atoms with van der Waals surface area (Å²) in [6.45, 7) is 2.84. The maximum atomic E-state index is 6.88. The monoisotopic (exact) mass is 314 g/mol. The fourth-order valence-corrected chi connectivity index (χ4v) is 1.23. The van der Waals surface area contributed by atoms with Gasteiger partial charge in [-0.3, -0.25) is 0 Å². The van der Waals surface area contributed by atoms with Crippen LogP contribution in [0.4, 0.5) is 0 Å². The van der Waals surface area contributed by atoms with Crippen LogP contribution in [-0.4, -0.2) is 6.54 Å². The minimum atomic E-state index is 0. The van der Waals surface area contributed by atoms with Gasteiger partial charge in [-0.25, -0.2) is 12.1 Å². The molecule has 0 aliphatic heterocycles. The van der Waals surface area contributed by atoms with Crippen LogP contribution in [-0.2, 0) is 18.6 Å². The Morgan fingerprint density at radius 1 is 0.882 bits per heavy atom. The van der Waals surface area contributed by atoms with Crippen molar-refractivity contribution < 1.29 is 43.4 Å². The third-order valence-corrected chi connectivity index (χ3v) is 2.09. The molecule has 99 valence electrons. The van der Waals surface area contributed by atoms with Crippen molar-refractivity contribution >= 4 is 0 Å². The van der Waals surface area contributed by atoms with Crippen molar-refractivity contribution in [1.82, 2.24) is 0 Å². The molecule has 0 heterocycles. The maximum Gasteiger partial charge on any atom is 4.00 e. The predicted octanol–water partition coefficient (Wildman–Crippen LogP) is -1.19. The van der Waals surface area contributed by atoms with E-state index >= 15 is 0 Å². The summed E-state index contributed by atoms with van der Waals surface area (Å²) in [4.78, 5) is 0. The Labute approximate surface area is 131 Å². The summed E-state index contributed by atoms with van der Waals surface area (Å²) in [5.74, 6) is 0. The van der Waals surface area contributed by atoms with Crippen molar-refractivity contribution in [3.05, 3.63) is 36.1 Å². The first-order valence-corrected chi connectivity index (χ1v) is 5.73. The zero-order chi connectivity index (χ0) is 10.5. The molecule has 4 heteroatoms. The maximum absolute atomic E-state index is 6.88. The van der Waals surface area contributed by atoms with Crippen LogP contribution < -0.4 is 24.8 Å². The van der Waals surface area contributed by atoms with Gasteiger partial charge in [-0.1, -0.05) is 45.4 Å². The van der Waals surface area contributed by atoms with E-state index in [1.54, 1.807) is 0 Å². The van der Waals surface area contributed by atoms with Crippen molar-refractivity contribution in [2.24, 2.45) is 0 Å². The Kier molecular flexibility index (Phi) is 39.0. The van der Waals surface area contributed by atoms with Crippen LogP contribution in [0.25, 0.3) is 5.73 Å². The number of hydrogen-bond acceptors (Lipinski definition) is 0. The fourth-order valence-electron chi connectivity index (χ4n) is 1.23. The Morgan fingerprint density at radius 3 is 1.71 bits per heavy atom. The first-order valence-electron chi connectivity index (χ1n) is 5.73. The second-order valence-corrected chi connectivity index (χ2v) is 3.48. The molecule has 0 unspecified atom stereocenters. The van der Waals surface area contributed by atoms with Crippen LogP contribution in [0.5, 0.6) is 0 Å². The van der Waals surface area contributed by atoms with Crippen LogP contribution in [0, 0.1) is 0 Å². The van der Waals surface area contributed by atoms with Gasteiger partial charge in [0.1, 0.15) is 0 Å². The molecule has 1 rings (SSSR count). The van der Waals surface area contributed by atoms with Crippen LogP contribution in [0.15, 0.2) is 30.3 Å². The van der Waals surface area contributed by atoms with Crippen molar-refractivity contribution in [3.63, 3.8) is 0 Å². The average molecular weight is 315 g/mol. The zero-order valence-electron chi connectivity index (χ0n) is 10.5. The van der Waals surface area contributed by atoms with Gasteiger partial charge in [0.25, 0.3) is 0 Å². The molecule has 0 aliphatic carbocycles. The summed E-state index contributed by atoms with van der Waals surface area (Å²) in [7, 11) is 0. The Bertz CT molecular complexity index is 147. The first kappa shape index (κ1) is 26.1. The number of halogens is 2. The molecule has 0 atom stereocenters. The Morgan fingerprint density at radius 2 is 1.35 bits per heavy atom. The van der Waals surface area contributed by atoms with Crippen LogP contribution >= 0.6 is 0 Å². The van der Waals surface area contributed by atoms with Crippen LogP contribution in [0.3, 0.4) is 0 Å². The van der Waals surface area contributed by atoms with Gasteiger partial charge in [0.2, 0.25) is 0 Å². The molecule has 1 aromatic carbocycles. The van der Waals surface area contributed by atoms with Gasteiger partial charge in [0.15, 0.2) is 0 Å². The molecule has 1 aromatic rings. The van der Waals surface area contributed by atoms with E-state index in [1.807, 2.05) is 30.3 Å². The summed E-state index contributed by atoms with van der Waals surface area (Å²) in [5, 5.41) is 0. The van der Waals surface area contributed by atoms with E-state index in [9.17, 15) is 0 Å². The van der Waals surface area contributed by atoms with E-state index in [1.165, 1.54) is 32.1 Å². The summed E-state index contributed by atoms with van der Waals surface area (Å²) >= 11 is 0. The van der Waals surface area contributed by atoms with Gasteiger partial charge in [0.05, 0.1) is 0 Å². The zero-order valence-corrected chi connectivity index (χ0v) is 13.4. The molecule has 17 heavy (non-hydrogen) atoms. The molecule has 0 saturated carbocycles. The third-order valence-electron chi connectivity index (χ3n) is 2.09. The van der Waals surface area contributed by atoms with E-state index in [-0.39, 0.29) is 43.4 Å². The Hall–Kier alpha value is 0.474. The predicted molar refractivity (Wildman–Crippen MR) is 64.6 cm³/mol. The molecule has 1 nitrogen and oxygen atoms in total. The number of unbranched alkanes of at least 4 members (excludes halogenated alkanes) is 5. The molecule has 0 fully saturated rings. The molecular weight excluding hydrogens is 292 g/mol. The standard InChI is InChI=1S/C8H18N.C5H5.2ClH.V/c1-2-3-4-5-6-7-8-9;1-2-4-5-3-1;;;/h9H,2-8H2,1H3;1-5H;2*1H;/q2*-1;;;+4/p-2. The van der Waals surface area contributed by atoms with E-state index in [4.69, 9.17) is 5.73 Å². The third kappa shape index (κ3) is 26.2. The number of rotatable bonds is 6. The summed E-state index contributed by atoms with van der Waals surface area (Å²) < 4.78 is 0. The van der Waals surface area contributed by atoms with E-state index in [0.29, 0.717) is 6.54 Å². The minimum Gasteiger partial charge on any atom is -1.00 e. The fraction of sp³-hybridized carbons (Fsp3) is 0.615. The minimum absolute atomic E-state index is 0. The summed E-state index contributed by atoms with van der Waals surface area (Å²) in [5.41, 5.74) is 6.88. The van der Waals surface area contributed by atoms with Crippen LogP contribution in [0.1, 0.15) is 45.4 Å². The van der Waals surface area contributed by atoms with Gasteiger partial charge in [-0.2, -0.15) is 24.7 Å². The largest absolute Gasteiger partial charge is 4.00 e. The molecule has 0 spiro atoms. The molecule has 1 N–H and O–H groups in total. The molecule has 0 aliphatic rings. The van der Waals surface area contributed by atoms with E-state index < -0.39 is 0 Å². The summed E-state index contributed by atoms with van der Waals surface area (Å²) in [6, 6.07) is 10.0. The molecule has 0 saturated heterocycles. The molecule has 1 radical (unpaired) electrons. The van der Waals surface area contributed by atoms with Gasteiger partial charge >= 0.3 is 18.6 Å². The van der Waals surface area contributed by atoms with Gasteiger partial charge in [-0.15, -0.1) is 0 Å².